The predicted octanol–water partition coefficient (Wildman–Crippen LogP) is 2.92. The summed E-state index contributed by atoms with van der Waals surface area (Å²) in [4.78, 5) is 13.0. The highest BCUT2D eigenvalue weighted by Crippen LogP contribution is 2.20. The number of nitrogens with one attached hydrogen (secondary N) is 1. The highest BCUT2D eigenvalue weighted by molar-refractivity contribution is 5.60. The van der Waals surface area contributed by atoms with E-state index in [1.54, 1.807) is 12.4 Å². The van der Waals surface area contributed by atoms with Gasteiger partial charge in [0.05, 0.1) is 0 Å². The van der Waals surface area contributed by atoms with Gasteiger partial charge in [0.1, 0.15) is 5.82 Å². The minimum atomic E-state index is 0.760. The Labute approximate surface area is 108 Å². The van der Waals surface area contributed by atoms with Crippen LogP contribution in [0.3, 0.4) is 0 Å². The Kier molecular flexibility index (Phi) is 4.23. The standard InChI is InChI=1S/C14H18N4/c1-3-7-16-13-6-9-17-14(18-13)12-5-8-15-10-11(12)4-2/h5-6,8-10H,3-4,7H2,1-2H3,(H,16,17,18). The summed E-state index contributed by atoms with van der Waals surface area (Å²) in [6.07, 6.45) is 7.46. The zero-order valence-corrected chi connectivity index (χ0v) is 10.8. The number of hydrogen-bond donors (Lipinski definition) is 1. The molecule has 2 aromatic heterocycles. The van der Waals surface area contributed by atoms with E-state index in [-0.39, 0.29) is 0 Å². The van der Waals surface area contributed by atoms with E-state index in [1.807, 2.05) is 18.3 Å². The molecule has 18 heavy (non-hydrogen) atoms. The lowest BCUT2D eigenvalue weighted by Gasteiger charge is -2.08. The SMILES string of the molecule is CCCNc1ccnc(-c2ccncc2CC)n1. The molecule has 94 valence electrons. The second-order valence-corrected chi connectivity index (χ2v) is 4.08. The van der Waals surface area contributed by atoms with E-state index < -0.39 is 0 Å². The number of anilines is 1. The summed E-state index contributed by atoms with van der Waals surface area (Å²) in [5.74, 6) is 1.64. The van der Waals surface area contributed by atoms with Crippen molar-refractivity contribution in [3.8, 4) is 11.4 Å². The van der Waals surface area contributed by atoms with Gasteiger partial charge in [-0.1, -0.05) is 13.8 Å². The highest BCUT2D eigenvalue weighted by atomic mass is 15.0. The lowest BCUT2D eigenvalue weighted by molar-refractivity contribution is 0.965. The van der Waals surface area contributed by atoms with E-state index in [1.165, 1.54) is 5.56 Å². The molecule has 4 heteroatoms. The molecule has 0 aliphatic rings. The quantitative estimate of drug-likeness (QED) is 0.875. The Morgan fingerprint density at radius 2 is 2.06 bits per heavy atom. The first kappa shape index (κ1) is 12.5. The Hall–Kier alpha value is -1.97. The van der Waals surface area contributed by atoms with Crippen LogP contribution in [0.4, 0.5) is 5.82 Å². The molecule has 0 aliphatic heterocycles. The number of pyridine rings is 1. The Bertz CT molecular complexity index is 511. The lowest BCUT2D eigenvalue weighted by atomic mass is 10.1. The van der Waals surface area contributed by atoms with Crippen LogP contribution in [0.2, 0.25) is 0 Å². The fourth-order valence-electron chi connectivity index (χ4n) is 1.77. The molecule has 4 nitrogen and oxygen atoms in total. The zero-order chi connectivity index (χ0) is 12.8. The normalized spacial score (nSPS) is 10.3. The van der Waals surface area contributed by atoms with Gasteiger partial charge in [-0.05, 0) is 30.5 Å². The van der Waals surface area contributed by atoms with Gasteiger partial charge >= 0.3 is 0 Å². The van der Waals surface area contributed by atoms with Gasteiger partial charge in [0.25, 0.3) is 0 Å². The Balaban J connectivity index is 2.32. The smallest absolute Gasteiger partial charge is 0.161 e. The second kappa shape index (κ2) is 6.10. The summed E-state index contributed by atoms with van der Waals surface area (Å²) in [6, 6.07) is 3.86. The molecule has 0 aromatic carbocycles. The van der Waals surface area contributed by atoms with Crippen molar-refractivity contribution in [2.75, 3.05) is 11.9 Å². The molecular formula is C14H18N4. The molecule has 2 rings (SSSR count). The van der Waals surface area contributed by atoms with Gasteiger partial charge in [0, 0.05) is 30.7 Å². The van der Waals surface area contributed by atoms with Gasteiger partial charge in [-0.3, -0.25) is 4.98 Å². The van der Waals surface area contributed by atoms with E-state index in [2.05, 4.69) is 34.1 Å². The fraction of sp³-hybridized carbons (Fsp3) is 0.357. The van der Waals surface area contributed by atoms with Gasteiger partial charge in [0.2, 0.25) is 0 Å². The number of hydrogen-bond acceptors (Lipinski definition) is 4. The van der Waals surface area contributed by atoms with Gasteiger partial charge in [-0.15, -0.1) is 0 Å². The summed E-state index contributed by atoms with van der Waals surface area (Å²) in [7, 11) is 0. The molecule has 0 unspecified atom stereocenters. The maximum Gasteiger partial charge on any atom is 0.161 e. The molecule has 0 radical (unpaired) electrons. The lowest BCUT2D eigenvalue weighted by Crippen LogP contribution is -2.03. The van der Waals surface area contributed by atoms with E-state index in [4.69, 9.17) is 0 Å². The van der Waals surface area contributed by atoms with Crippen LogP contribution in [0.1, 0.15) is 25.8 Å². The molecule has 0 bridgehead atoms. The van der Waals surface area contributed by atoms with Crippen LogP contribution in [-0.2, 0) is 6.42 Å². The van der Waals surface area contributed by atoms with Crippen LogP contribution in [-0.4, -0.2) is 21.5 Å². The molecule has 2 heterocycles. The first-order valence-corrected chi connectivity index (χ1v) is 6.35. The third-order valence-electron chi connectivity index (χ3n) is 2.74. The zero-order valence-electron chi connectivity index (χ0n) is 10.8. The molecule has 0 saturated heterocycles. The fourth-order valence-corrected chi connectivity index (χ4v) is 1.77. The summed E-state index contributed by atoms with van der Waals surface area (Å²) >= 11 is 0. The average Bonchev–Trinajstić information content (AvgIpc) is 2.45. The summed E-state index contributed by atoms with van der Waals surface area (Å²) < 4.78 is 0. The maximum atomic E-state index is 4.54. The molecule has 0 amide bonds. The topological polar surface area (TPSA) is 50.7 Å². The highest BCUT2D eigenvalue weighted by Gasteiger charge is 2.07. The van der Waals surface area contributed by atoms with Crippen LogP contribution in [0.5, 0.6) is 0 Å². The average molecular weight is 242 g/mol. The molecule has 2 aromatic rings. The minimum Gasteiger partial charge on any atom is -0.370 e. The van der Waals surface area contributed by atoms with Gasteiger partial charge < -0.3 is 5.32 Å². The molecule has 0 atom stereocenters. The molecule has 0 spiro atoms. The Morgan fingerprint density at radius 3 is 2.83 bits per heavy atom. The van der Waals surface area contributed by atoms with E-state index in [0.717, 1.165) is 36.6 Å². The first-order chi connectivity index (χ1) is 8.85. The molecule has 0 fully saturated rings. The van der Waals surface area contributed by atoms with Crippen molar-refractivity contribution in [1.82, 2.24) is 15.0 Å². The molecule has 1 N–H and O–H groups in total. The van der Waals surface area contributed by atoms with Crippen LogP contribution >= 0.6 is 0 Å². The van der Waals surface area contributed by atoms with Crippen molar-refractivity contribution in [3.63, 3.8) is 0 Å². The van der Waals surface area contributed by atoms with Crippen LogP contribution in [0.15, 0.2) is 30.7 Å². The number of aromatic nitrogens is 3. The van der Waals surface area contributed by atoms with Crippen molar-refractivity contribution >= 4 is 5.82 Å². The monoisotopic (exact) mass is 242 g/mol. The largest absolute Gasteiger partial charge is 0.370 e. The van der Waals surface area contributed by atoms with E-state index in [0.29, 0.717) is 0 Å². The van der Waals surface area contributed by atoms with Gasteiger partial charge in [-0.25, -0.2) is 9.97 Å². The van der Waals surface area contributed by atoms with Crippen molar-refractivity contribution in [3.05, 3.63) is 36.3 Å². The number of nitrogens with zero attached hydrogens (tertiary/aromatic N) is 3. The van der Waals surface area contributed by atoms with Gasteiger partial charge in [0.15, 0.2) is 5.82 Å². The third kappa shape index (κ3) is 2.83. The van der Waals surface area contributed by atoms with E-state index >= 15 is 0 Å². The Morgan fingerprint density at radius 1 is 1.17 bits per heavy atom. The summed E-state index contributed by atoms with van der Waals surface area (Å²) in [5.41, 5.74) is 2.23. The first-order valence-electron chi connectivity index (χ1n) is 6.35. The summed E-state index contributed by atoms with van der Waals surface area (Å²) in [6.45, 7) is 5.17. The third-order valence-corrected chi connectivity index (χ3v) is 2.74. The van der Waals surface area contributed by atoms with Crippen molar-refractivity contribution in [2.24, 2.45) is 0 Å². The van der Waals surface area contributed by atoms with Crippen LogP contribution in [0.25, 0.3) is 11.4 Å². The van der Waals surface area contributed by atoms with Crippen LogP contribution in [0, 0.1) is 0 Å². The van der Waals surface area contributed by atoms with Crippen molar-refractivity contribution in [1.29, 1.82) is 0 Å². The molecule has 0 saturated carbocycles. The van der Waals surface area contributed by atoms with E-state index in [9.17, 15) is 0 Å². The summed E-state index contributed by atoms with van der Waals surface area (Å²) in [5, 5.41) is 3.28. The van der Waals surface area contributed by atoms with Crippen molar-refractivity contribution < 1.29 is 0 Å². The van der Waals surface area contributed by atoms with Crippen molar-refractivity contribution in [2.45, 2.75) is 26.7 Å². The van der Waals surface area contributed by atoms with Gasteiger partial charge in [-0.2, -0.15) is 0 Å². The minimum absolute atomic E-state index is 0.760. The number of aryl methyl sites for hydroxylation is 1. The predicted molar refractivity (Wildman–Crippen MR) is 73.4 cm³/mol. The second-order valence-electron chi connectivity index (χ2n) is 4.08. The molecular weight excluding hydrogens is 224 g/mol. The number of rotatable bonds is 5. The maximum absolute atomic E-state index is 4.54. The molecule has 0 aliphatic carbocycles. The van der Waals surface area contributed by atoms with Crippen LogP contribution < -0.4 is 5.32 Å².